The zero-order chi connectivity index (χ0) is 21.5. The highest BCUT2D eigenvalue weighted by Gasteiger charge is 2.16. The maximum absolute atomic E-state index is 12.5. The number of thioether (sulfide) groups is 1. The van der Waals surface area contributed by atoms with Crippen molar-refractivity contribution in [1.29, 1.82) is 0 Å². The fraction of sp³-hybridized carbons (Fsp3) is 0.167. The number of anilines is 1. The molecule has 2 aromatic heterocycles. The fourth-order valence-corrected chi connectivity index (χ4v) is 3.95. The van der Waals surface area contributed by atoms with Crippen molar-refractivity contribution in [3.63, 3.8) is 0 Å². The van der Waals surface area contributed by atoms with Crippen LogP contribution in [0, 0.1) is 0 Å². The van der Waals surface area contributed by atoms with Crippen molar-refractivity contribution < 1.29 is 4.79 Å². The van der Waals surface area contributed by atoms with Crippen molar-refractivity contribution in [3.8, 4) is 11.4 Å². The monoisotopic (exact) mass is 429 g/mol. The van der Waals surface area contributed by atoms with Gasteiger partial charge in [0.1, 0.15) is 0 Å². The molecular weight excluding hydrogens is 406 g/mol. The molecule has 0 aliphatic heterocycles. The van der Waals surface area contributed by atoms with E-state index in [9.17, 15) is 4.79 Å². The van der Waals surface area contributed by atoms with Crippen LogP contribution >= 0.6 is 11.8 Å². The highest BCUT2D eigenvalue weighted by atomic mass is 32.2. The number of hydrogen-bond donors (Lipinski definition) is 1. The summed E-state index contributed by atoms with van der Waals surface area (Å²) >= 11 is 1.38. The normalized spacial score (nSPS) is 10.7. The minimum atomic E-state index is -0.0713. The molecule has 0 atom stereocenters. The molecule has 4 rings (SSSR count). The molecular formula is C24H23N5OS. The molecule has 2 aromatic carbocycles. The number of benzene rings is 2. The van der Waals surface area contributed by atoms with Gasteiger partial charge in [-0.3, -0.25) is 14.3 Å². The predicted molar refractivity (Wildman–Crippen MR) is 124 cm³/mol. The second-order valence-corrected chi connectivity index (χ2v) is 7.95. The van der Waals surface area contributed by atoms with Crippen molar-refractivity contribution in [3.05, 3.63) is 90.3 Å². The van der Waals surface area contributed by atoms with Gasteiger partial charge in [0, 0.05) is 23.6 Å². The Morgan fingerprint density at radius 3 is 2.52 bits per heavy atom. The van der Waals surface area contributed by atoms with Gasteiger partial charge in [0.25, 0.3) is 0 Å². The lowest BCUT2D eigenvalue weighted by molar-refractivity contribution is -0.113. The van der Waals surface area contributed by atoms with Crippen LogP contribution in [-0.4, -0.2) is 31.4 Å². The second kappa shape index (κ2) is 10.0. The molecule has 2 heterocycles. The Bertz CT molecular complexity index is 1150. The van der Waals surface area contributed by atoms with Crippen LogP contribution < -0.4 is 5.32 Å². The molecule has 0 aliphatic rings. The predicted octanol–water partition coefficient (Wildman–Crippen LogP) is 4.68. The molecule has 0 aliphatic carbocycles. The van der Waals surface area contributed by atoms with Gasteiger partial charge < -0.3 is 5.32 Å². The van der Waals surface area contributed by atoms with Gasteiger partial charge in [-0.15, -0.1) is 10.2 Å². The summed E-state index contributed by atoms with van der Waals surface area (Å²) in [7, 11) is 0. The second-order valence-electron chi connectivity index (χ2n) is 7.00. The van der Waals surface area contributed by atoms with Crippen LogP contribution in [0.2, 0.25) is 0 Å². The quantitative estimate of drug-likeness (QED) is 0.412. The van der Waals surface area contributed by atoms with Gasteiger partial charge in [0.05, 0.1) is 12.3 Å². The van der Waals surface area contributed by atoms with Crippen molar-refractivity contribution in [1.82, 2.24) is 19.7 Å². The van der Waals surface area contributed by atoms with Crippen LogP contribution in [0.4, 0.5) is 5.69 Å². The maximum atomic E-state index is 12.5. The lowest BCUT2D eigenvalue weighted by atomic mass is 10.1. The van der Waals surface area contributed by atoms with Gasteiger partial charge in [-0.1, -0.05) is 61.2 Å². The smallest absolute Gasteiger partial charge is 0.234 e. The van der Waals surface area contributed by atoms with Crippen LogP contribution in [0.15, 0.2) is 84.3 Å². The first-order valence-electron chi connectivity index (χ1n) is 10.1. The third-order valence-corrected chi connectivity index (χ3v) is 5.76. The van der Waals surface area contributed by atoms with E-state index in [2.05, 4.69) is 45.6 Å². The molecule has 0 saturated heterocycles. The van der Waals surface area contributed by atoms with E-state index in [-0.39, 0.29) is 11.7 Å². The van der Waals surface area contributed by atoms with E-state index < -0.39 is 0 Å². The number of aromatic nitrogens is 4. The molecule has 0 fully saturated rings. The highest BCUT2D eigenvalue weighted by molar-refractivity contribution is 7.99. The third-order valence-electron chi connectivity index (χ3n) is 4.79. The van der Waals surface area contributed by atoms with Crippen LogP contribution in [0.3, 0.4) is 0 Å². The van der Waals surface area contributed by atoms with Crippen LogP contribution in [0.1, 0.15) is 18.1 Å². The Kier molecular flexibility index (Phi) is 6.74. The zero-order valence-corrected chi connectivity index (χ0v) is 18.0. The third kappa shape index (κ3) is 5.38. The summed E-state index contributed by atoms with van der Waals surface area (Å²) in [6.07, 6.45) is 4.40. The van der Waals surface area contributed by atoms with E-state index >= 15 is 0 Å². The summed E-state index contributed by atoms with van der Waals surface area (Å²) in [6.45, 7) is 2.71. The molecule has 0 spiro atoms. The Morgan fingerprint density at radius 2 is 1.74 bits per heavy atom. The summed E-state index contributed by atoms with van der Waals surface area (Å²) in [4.78, 5) is 16.6. The van der Waals surface area contributed by atoms with E-state index in [4.69, 9.17) is 0 Å². The Labute approximate surface area is 185 Å². The average Bonchev–Trinajstić information content (AvgIpc) is 3.21. The minimum absolute atomic E-state index is 0.0713. The average molecular weight is 430 g/mol. The van der Waals surface area contributed by atoms with E-state index in [0.717, 1.165) is 29.1 Å². The first kappa shape index (κ1) is 20.8. The van der Waals surface area contributed by atoms with Crippen molar-refractivity contribution in [2.75, 3.05) is 11.1 Å². The number of aryl methyl sites for hydroxylation is 1. The number of nitrogens with zero attached hydrogens (tertiary/aromatic N) is 4. The SMILES string of the molecule is CCc1cccc(NC(=O)CSc2nnc(-c3ccncc3)n2Cc2ccccc2)c1. The summed E-state index contributed by atoms with van der Waals surface area (Å²) in [5, 5.41) is 12.4. The highest BCUT2D eigenvalue weighted by Crippen LogP contribution is 2.25. The Hall–Kier alpha value is -3.45. The molecule has 6 nitrogen and oxygen atoms in total. The molecule has 0 bridgehead atoms. The van der Waals surface area contributed by atoms with Gasteiger partial charge in [0.2, 0.25) is 5.91 Å². The molecule has 0 unspecified atom stereocenters. The Balaban J connectivity index is 1.52. The number of rotatable bonds is 8. The summed E-state index contributed by atoms with van der Waals surface area (Å²) in [6, 6.07) is 21.9. The van der Waals surface area contributed by atoms with Crippen molar-refractivity contribution in [2.24, 2.45) is 0 Å². The molecule has 1 amide bonds. The van der Waals surface area contributed by atoms with Gasteiger partial charge in [-0.05, 0) is 41.8 Å². The van der Waals surface area contributed by atoms with E-state index in [1.165, 1.54) is 17.3 Å². The number of nitrogens with one attached hydrogen (secondary N) is 1. The van der Waals surface area contributed by atoms with E-state index in [0.29, 0.717) is 11.7 Å². The number of carbonyl (C=O) groups is 1. The van der Waals surface area contributed by atoms with E-state index in [1.807, 2.05) is 53.1 Å². The summed E-state index contributed by atoms with van der Waals surface area (Å²) in [5.74, 6) is 0.933. The first-order valence-corrected chi connectivity index (χ1v) is 11.1. The number of carbonyl (C=O) groups excluding carboxylic acids is 1. The molecule has 7 heteroatoms. The van der Waals surface area contributed by atoms with Gasteiger partial charge in [-0.25, -0.2) is 0 Å². The number of hydrogen-bond acceptors (Lipinski definition) is 5. The zero-order valence-electron chi connectivity index (χ0n) is 17.2. The molecule has 0 saturated carbocycles. The molecule has 1 N–H and O–H groups in total. The molecule has 0 radical (unpaired) electrons. The lowest BCUT2D eigenvalue weighted by Crippen LogP contribution is -2.15. The molecule has 31 heavy (non-hydrogen) atoms. The largest absolute Gasteiger partial charge is 0.325 e. The number of pyridine rings is 1. The Morgan fingerprint density at radius 1 is 0.968 bits per heavy atom. The summed E-state index contributed by atoms with van der Waals surface area (Å²) < 4.78 is 2.04. The van der Waals surface area contributed by atoms with Gasteiger partial charge in [0.15, 0.2) is 11.0 Å². The standard InChI is InChI=1S/C24H23N5OS/c1-2-18-9-6-10-21(15-18)26-22(30)17-31-24-28-27-23(20-11-13-25-14-12-20)29(24)16-19-7-4-3-5-8-19/h3-15H,2,16-17H2,1H3,(H,26,30). The lowest BCUT2D eigenvalue weighted by Gasteiger charge is -2.11. The van der Waals surface area contributed by atoms with Crippen molar-refractivity contribution >= 4 is 23.4 Å². The van der Waals surface area contributed by atoms with Crippen LogP contribution in [-0.2, 0) is 17.8 Å². The maximum Gasteiger partial charge on any atom is 0.234 e. The van der Waals surface area contributed by atoms with Crippen LogP contribution in [0.25, 0.3) is 11.4 Å². The topological polar surface area (TPSA) is 72.7 Å². The summed E-state index contributed by atoms with van der Waals surface area (Å²) in [5.41, 5.74) is 4.08. The number of amides is 1. The fourth-order valence-electron chi connectivity index (χ4n) is 3.21. The van der Waals surface area contributed by atoms with E-state index in [1.54, 1.807) is 12.4 Å². The van der Waals surface area contributed by atoms with Crippen LogP contribution in [0.5, 0.6) is 0 Å². The molecule has 4 aromatic rings. The minimum Gasteiger partial charge on any atom is -0.325 e. The van der Waals surface area contributed by atoms with Gasteiger partial charge in [-0.2, -0.15) is 0 Å². The molecule has 156 valence electrons. The van der Waals surface area contributed by atoms with Crippen molar-refractivity contribution in [2.45, 2.75) is 25.0 Å². The first-order chi connectivity index (χ1) is 15.2. The van der Waals surface area contributed by atoms with Gasteiger partial charge >= 0.3 is 0 Å².